The Kier molecular flexibility index (Phi) is 4.54. The summed E-state index contributed by atoms with van der Waals surface area (Å²) in [5.41, 5.74) is -0.758. The van der Waals surface area contributed by atoms with Crippen molar-refractivity contribution in [2.24, 2.45) is 11.3 Å². The lowest BCUT2D eigenvalue weighted by Gasteiger charge is -2.38. The molecule has 1 aromatic rings. The molecule has 3 aliphatic rings. The van der Waals surface area contributed by atoms with Crippen molar-refractivity contribution in [1.29, 1.82) is 0 Å². The molecule has 0 unspecified atom stereocenters. The van der Waals surface area contributed by atoms with Crippen molar-refractivity contribution < 1.29 is 9.59 Å². The summed E-state index contributed by atoms with van der Waals surface area (Å²) >= 11 is 0. The third-order valence-electron chi connectivity index (χ3n) is 6.04. The van der Waals surface area contributed by atoms with Crippen LogP contribution in [0.15, 0.2) is 18.5 Å². The second-order valence-corrected chi connectivity index (χ2v) is 7.88. The Labute approximate surface area is 154 Å². The molecule has 0 spiro atoms. The second kappa shape index (κ2) is 6.85. The summed E-state index contributed by atoms with van der Waals surface area (Å²) in [4.78, 5) is 40.6. The zero-order chi connectivity index (χ0) is 18.1. The van der Waals surface area contributed by atoms with Crippen molar-refractivity contribution in [1.82, 2.24) is 19.8 Å². The molecule has 0 aromatic carbocycles. The molecule has 7 heteroatoms. The molecule has 0 atom stereocenters. The molecule has 2 amide bonds. The standard InChI is InChI=1S/C19H27N5O2/c1-15-3-9-22(10-4-15)16(25)19(5-6-19)17(26)23-11-13-24(14-12-23)18-20-7-2-8-21-18/h2,7-8,15H,3-6,9-14H2,1H3. The van der Waals surface area contributed by atoms with Crippen molar-refractivity contribution in [3.63, 3.8) is 0 Å². The van der Waals surface area contributed by atoms with Crippen molar-refractivity contribution in [2.45, 2.75) is 32.6 Å². The van der Waals surface area contributed by atoms with Crippen LogP contribution in [0, 0.1) is 11.3 Å². The zero-order valence-corrected chi connectivity index (χ0v) is 15.4. The maximum absolute atomic E-state index is 13.1. The monoisotopic (exact) mass is 357 g/mol. The number of likely N-dealkylation sites (tertiary alicyclic amines) is 1. The highest BCUT2D eigenvalue weighted by atomic mass is 16.2. The number of carbonyl (C=O) groups is 2. The van der Waals surface area contributed by atoms with Crippen molar-refractivity contribution in [2.75, 3.05) is 44.2 Å². The number of aromatic nitrogens is 2. The molecule has 1 saturated carbocycles. The maximum Gasteiger partial charge on any atom is 0.238 e. The molecule has 0 bridgehead atoms. The van der Waals surface area contributed by atoms with E-state index in [4.69, 9.17) is 0 Å². The largest absolute Gasteiger partial charge is 0.342 e. The van der Waals surface area contributed by atoms with Crippen LogP contribution in [0.5, 0.6) is 0 Å². The summed E-state index contributed by atoms with van der Waals surface area (Å²) in [6.07, 6.45) is 6.98. The molecule has 2 saturated heterocycles. The van der Waals surface area contributed by atoms with Crippen LogP contribution in [-0.2, 0) is 9.59 Å². The maximum atomic E-state index is 13.1. The minimum Gasteiger partial charge on any atom is -0.342 e. The van der Waals surface area contributed by atoms with Gasteiger partial charge in [-0.15, -0.1) is 0 Å². The number of amides is 2. The molecule has 26 heavy (non-hydrogen) atoms. The van der Waals surface area contributed by atoms with Gasteiger partial charge >= 0.3 is 0 Å². The van der Waals surface area contributed by atoms with Crippen LogP contribution < -0.4 is 4.90 Å². The molecular weight excluding hydrogens is 330 g/mol. The van der Waals surface area contributed by atoms with Crippen LogP contribution in [-0.4, -0.2) is 70.9 Å². The number of nitrogens with zero attached hydrogens (tertiary/aromatic N) is 5. The predicted molar refractivity (Wildman–Crippen MR) is 97.5 cm³/mol. The van der Waals surface area contributed by atoms with Crippen LogP contribution in [0.1, 0.15) is 32.6 Å². The van der Waals surface area contributed by atoms with Crippen LogP contribution in [0.2, 0.25) is 0 Å². The number of piperazine rings is 1. The molecule has 140 valence electrons. The van der Waals surface area contributed by atoms with Crippen LogP contribution in [0.4, 0.5) is 5.95 Å². The molecule has 2 aliphatic heterocycles. The van der Waals surface area contributed by atoms with E-state index in [1.807, 2.05) is 9.80 Å². The minimum atomic E-state index is -0.758. The van der Waals surface area contributed by atoms with E-state index < -0.39 is 5.41 Å². The summed E-state index contributed by atoms with van der Waals surface area (Å²) in [7, 11) is 0. The van der Waals surface area contributed by atoms with E-state index in [2.05, 4.69) is 21.8 Å². The average Bonchev–Trinajstić information content (AvgIpc) is 3.50. The van der Waals surface area contributed by atoms with E-state index >= 15 is 0 Å². The highest BCUT2D eigenvalue weighted by Crippen LogP contribution is 2.49. The first-order chi connectivity index (χ1) is 12.6. The van der Waals surface area contributed by atoms with Gasteiger partial charge in [-0.3, -0.25) is 9.59 Å². The van der Waals surface area contributed by atoms with Gasteiger partial charge < -0.3 is 14.7 Å². The quantitative estimate of drug-likeness (QED) is 0.760. The third-order valence-corrected chi connectivity index (χ3v) is 6.04. The summed E-state index contributed by atoms with van der Waals surface area (Å²) in [6, 6.07) is 1.80. The Bertz CT molecular complexity index is 660. The van der Waals surface area contributed by atoms with Gasteiger partial charge in [-0.05, 0) is 37.7 Å². The molecule has 3 fully saturated rings. The van der Waals surface area contributed by atoms with Crippen LogP contribution >= 0.6 is 0 Å². The molecule has 7 nitrogen and oxygen atoms in total. The Hall–Kier alpha value is -2.18. The van der Waals surface area contributed by atoms with E-state index in [-0.39, 0.29) is 11.8 Å². The van der Waals surface area contributed by atoms with E-state index in [0.29, 0.717) is 50.9 Å². The molecular formula is C19H27N5O2. The molecule has 1 aliphatic carbocycles. The average molecular weight is 357 g/mol. The van der Waals surface area contributed by atoms with Crippen molar-refractivity contribution in [3.8, 4) is 0 Å². The fourth-order valence-electron chi connectivity index (χ4n) is 4.03. The smallest absolute Gasteiger partial charge is 0.238 e. The number of rotatable bonds is 3. The Balaban J connectivity index is 1.36. The second-order valence-electron chi connectivity index (χ2n) is 7.88. The molecule has 3 heterocycles. The van der Waals surface area contributed by atoms with E-state index in [1.165, 1.54) is 0 Å². The third kappa shape index (κ3) is 3.15. The van der Waals surface area contributed by atoms with Crippen LogP contribution in [0.3, 0.4) is 0 Å². The molecule has 0 radical (unpaired) electrons. The zero-order valence-electron chi connectivity index (χ0n) is 15.4. The van der Waals surface area contributed by atoms with E-state index in [1.54, 1.807) is 18.5 Å². The summed E-state index contributed by atoms with van der Waals surface area (Å²) in [5.74, 6) is 1.50. The summed E-state index contributed by atoms with van der Waals surface area (Å²) < 4.78 is 0. The topological polar surface area (TPSA) is 69.6 Å². The van der Waals surface area contributed by atoms with Crippen LogP contribution in [0.25, 0.3) is 0 Å². The number of hydrogen-bond acceptors (Lipinski definition) is 5. The SMILES string of the molecule is CC1CCN(C(=O)C2(C(=O)N3CCN(c4ncccn4)CC3)CC2)CC1. The fourth-order valence-corrected chi connectivity index (χ4v) is 4.03. The van der Waals surface area contributed by atoms with Gasteiger partial charge in [0.15, 0.2) is 0 Å². The van der Waals surface area contributed by atoms with Gasteiger partial charge in [-0.2, -0.15) is 0 Å². The first-order valence-electron chi connectivity index (χ1n) is 9.71. The Morgan fingerprint density at radius 2 is 1.46 bits per heavy atom. The molecule has 0 N–H and O–H groups in total. The number of anilines is 1. The summed E-state index contributed by atoms with van der Waals surface area (Å²) in [6.45, 7) is 6.51. The number of piperidine rings is 1. The number of hydrogen-bond donors (Lipinski definition) is 0. The van der Waals surface area contributed by atoms with Gasteiger partial charge in [-0.1, -0.05) is 6.92 Å². The van der Waals surface area contributed by atoms with Gasteiger partial charge in [0, 0.05) is 51.7 Å². The van der Waals surface area contributed by atoms with Crippen molar-refractivity contribution in [3.05, 3.63) is 18.5 Å². The predicted octanol–water partition coefficient (Wildman–Crippen LogP) is 1.16. The first-order valence-corrected chi connectivity index (χ1v) is 9.71. The Morgan fingerprint density at radius 1 is 0.923 bits per heavy atom. The fraction of sp³-hybridized carbons (Fsp3) is 0.684. The molecule has 1 aromatic heterocycles. The van der Waals surface area contributed by atoms with Gasteiger partial charge in [0.25, 0.3) is 0 Å². The van der Waals surface area contributed by atoms with Crippen molar-refractivity contribution >= 4 is 17.8 Å². The highest BCUT2D eigenvalue weighted by molar-refractivity contribution is 6.08. The lowest BCUT2D eigenvalue weighted by atomic mass is 9.96. The van der Waals surface area contributed by atoms with Gasteiger partial charge in [0.05, 0.1) is 0 Å². The lowest BCUT2D eigenvalue weighted by molar-refractivity contribution is -0.150. The lowest BCUT2D eigenvalue weighted by Crippen LogP contribution is -2.54. The first kappa shape index (κ1) is 17.2. The number of carbonyl (C=O) groups excluding carboxylic acids is 2. The highest BCUT2D eigenvalue weighted by Gasteiger charge is 2.59. The van der Waals surface area contributed by atoms with E-state index in [9.17, 15) is 9.59 Å². The molecule has 4 rings (SSSR count). The van der Waals surface area contributed by atoms with Gasteiger partial charge in [0.2, 0.25) is 17.8 Å². The van der Waals surface area contributed by atoms with Gasteiger partial charge in [-0.25, -0.2) is 9.97 Å². The Morgan fingerprint density at radius 3 is 2.00 bits per heavy atom. The van der Waals surface area contributed by atoms with Gasteiger partial charge in [0.1, 0.15) is 5.41 Å². The normalized spacial score (nSPS) is 23.0. The summed E-state index contributed by atoms with van der Waals surface area (Å²) in [5, 5.41) is 0. The van der Waals surface area contributed by atoms with E-state index in [0.717, 1.165) is 25.9 Å². The minimum absolute atomic E-state index is 0.0368.